The van der Waals surface area contributed by atoms with Crippen LogP contribution in [0.15, 0.2) is 30.5 Å². The first-order valence-corrected chi connectivity index (χ1v) is 11.6. The number of nitrogens with zero attached hydrogens (tertiary/aromatic N) is 2. The fourth-order valence-electron chi connectivity index (χ4n) is 4.25. The summed E-state index contributed by atoms with van der Waals surface area (Å²) in [6, 6.07) is 7.29. The van der Waals surface area contributed by atoms with Gasteiger partial charge in [0, 0.05) is 35.3 Å². The van der Waals surface area contributed by atoms with Crippen molar-refractivity contribution >= 4 is 46.0 Å². The van der Waals surface area contributed by atoms with Crippen LogP contribution in [0.1, 0.15) is 25.7 Å². The van der Waals surface area contributed by atoms with Crippen LogP contribution in [-0.4, -0.2) is 42.2 Å². The van der Waals surface area contributed by atoms with Crippen molar-refractivity contribution in [3.63, 3.8) is 0 Å². The Balaban J connectivity index is 1.63. The minimum absolute atomic E-state index is 0.00429. The third kappa shape index (κ3) is 4.84. The summed E-state index contributed by atoms with van der Waals surface area (Å²) < 4.78 is 10.8. The highest BCUT2D eigenvalue weighted by Gasteiger charge is 2.27. The van der Waals surface area contributed by atoms with E-state index >= 15 is 0 Å². The van der Waals surface area contributed by atoms with Crippen molar-refractivity contribution in [2.75, 3.05) is 19.5 Å². The molecule has 34 heavy (non-hydrogen) atoms. The maximum Gasteiger partial charge on any atom is 0.295 e. The summed E-state index contributed by atoms with van der Waals surface area (Å²) in [5, 5.41) is 7.86. The smallest absolute Gasteiger partial charge is 0.295 e. The van der Waals surface area contributed by atoms with E-state index in [0.717, 1.165) is 42.1 Å². The van der Waals surface area contributed by atoms with Crippen LogP contribution in [0.3, 0.4) is 0 Å². The summed E-state index contributed by atoms with van der Waals surface area (Å²) in [6.07, 6.45) is 10.8. The average Bonchev–Trinajstić information content (AvgIpc) is 2.85. The molecule has 4 rings (SSSR count). The lowest BCUT2D eigenvalue weighted by Gasteiger charge is -2.32. The Kier molecular flexibility index (Phi) is 7.30. The van der Waals surface area contributed by atoms with Gasteiger partial charge in [0.1, 0.15) is 11.5 Å². The van der Waals surface area contributed by atoms with E-state index in [4.69, 9.17) is 39.1 Å². The molecule has 0 aliphatic heterocycles. The number of benzene rings is 2. The lowest BCUT2D eigenvalue weighted by molar-refractivity contribution is -0.116. The fraction of sp³-hybridized carbons (Fsp3) is 0.320. The van der Waals surface area contributed by atoms with E-state index in [0.29, 0.717) is 33.1 Å². The molecule has 2 N–H and O–H groups in total. The van der Waals surface area contributed by atoms with Crippen molar-refractivity contribution in [3.8, 4) is 35.0 Å². The van der Waals surface area contributed by atoms with E-state index in [1.54, 1.807) is 12.3 Å². The number of carbonyl (C=O) groups is 1. The standard InChI is InChI=1S/C25H24Cl2N4O3/c1-4-21(32)29-17-7-5-6-8-18(17)31-25-28-13-15-11-14(9-10-16(15)30-25)22-23(26)19(33-2)12-20(34-3)24(22)27/h1,9-13,17-18H,5-8H2,2-3H3,(H,29,32)(H,28,30,31). The van der Waals surface area contributed by atoms with Gasteiger partial charge < -0.3 is 20.1 Å². The van der Waals surface area contributed by atoms with Gasteiger partial charge >= 0.3 is 0 Å². The number of nitrogens with one attached hydrogen (secondary N) is 2. The third-order valence-electron chi connectivity index (χ3n) is 5.97. The van der Waals surface area contributed by atoms with Gasteiger partial charge in [0.15, 0.2) is 0 Å². The Labute approximate surface area is 208 Å². The predicted molar refractivity (Wildman–Crippen MR) is 135 cm³/mol. The zero-order valence-electron chi connectivity index (χ0n) is 18.8. The Morgan fingerprint density at radius 2 is 1.76 bits per heavy atom. The molecule has 7 nitrogen and oxygen atoms in total. The molecular weight excluding hydrogens is 475 g/mol. The molecule has 2 aromatic carbocycles. The predicted octanol–water partition coefficient (Wildman–Crippen LogP) is 5.09. The monoisotopic (exact) mass is 498 g/mol. The average molecular weight is 499 g/mol. The largest absolute Gasteiger partial charge is 0.495 e. The summed E-state index contributed by atoms with van der Waals surface area (Å²) in [5.41, 5.74) is 2.15. The van der Waals surface area contributed by atoms with Gasteiger partial charge in [0.05, 0.1) is 29.8 Å². The normalized spacial score (nSPS) is 17.6. The molecule has 0 radical (unpaired) electrons. The van der Waals surface area contributed by atoms with Gasteiger partial charge in [0.25, 0.3) is 5.91 Å². The molecule has 2 atom stereocenters. The van der Waals surface area contributed by atoms with E-state index in [9.17, 15) is 4.79 Å². The van der Waals surface area contributed by atoms with Crippen molar-refractivity contribution in [3.05, 3.63) is 40.5 Å². The third-order valence-corrected chi connectivity index (χ3v) is 6.72. The zero-order valence-corrected chi connectivity index (χ0v) is 20.3. The van der Waals surface area contributed by atoms with E-state index < -0.39 is 5.91 Å². The molecule has 0 spiro atoms. The Hall–Kier alpha value is -3.21. The highest BCUT2D eigenvalue weighted by molar-refractivity contribution is 6.41. The highest BCUT2D eigenvalue weighted by Crippen LogP contribution is 2.46. The van der Waals surface area contributed by atoms with Crippen LogP contribution >= 0.6 is 23.2 Å². The maximum atomic E-state index is 11.7. The van der Waals surface area contributed by atoms with Crippen LogP contribution in [-0.2, 0) is 4.79 Å². The molecule has 2 unspecified atom stereocenters. The Morgan fingerprint density at radius 1 is 1.09 bits per heavy atom. The minimum atomic E-state index is -0.405. The summed E-state index contributed by atoms with van der Waals surface area (Å²) in [7, 11) is 3.08. The summed E-state index contributed by atoms with van der Waals surface area (Å²) in [6.45, 7) is 0. The van der Waals surface area contributed by atoms with Gasteiger partial charge in [-0.05, 0) is 36.5 Å². The number of rotatable bonds is 6. The summed E-state index contributed by atoms with van der Waals surface area (Å²) in [4.78, 5) is 20.8. The molecule has 176 valence electrons. The molecule has 0 saturated heterocycles. The van der Waals surface area contributed by atoms with Crippen LogP contribution < -0.4 is 20.1 Å². The second-order valence-electron chi connectivity index (χ2n) is 8.01. The number of aromatic nitrogens is 2. The molecule has 1 heterocycles. The molecule has 1 saturated carbocycles. The quantitative estimate of drug-likeness (QED) is 0.460. The Morgan fingerprint density at radius 3 is 2.41 bits per heavy atom. The number of carbonyl (C=O) groups excluding carboxylic acids is 1. The number of amides is 1. The fourth-order valence-corrected chi connectivity index (χ4v) is 4.97. The molecule has 9 heteroatoms. The van der Waals surface area contributed by atoms with Gasteiger partial charge in [0.2, 0.25) is 5.95 Å². The Bertz CT molecular complexity index is 1250. The molecule has 3 aromatic rings. The highest BCUT2D eigenvalue weighted by atomic mass is 35.5. The van der Waals surface area contributed by atoms with Gasteiger partial charge in [-0.25, -0.2) is 9.97 Å². The first kappa shape index (κ1) is 23.9. The molecule has 1 aliphatic rings. The van der Waals surface area contributed by atoms with Crippen LogP contribution in [0.25, 0.3) is 22.0 Å². The van der Waals surface area contributed by atoms with Gasteiger partial charge in [-0.2, -0.15) is 0 Å². The molecule has 1 aromatic heterocycles. The van der Waals surface area contributed by atoms with Crippen LogP contribution in [0.5, 0.6) is 11.5 Å². The van der Waals surface area contributed by atoms with E-state index in [1.807, 2.05) is 18.2 Å². The number of halogens is 2. The second-order valence-corrected chi connectivity index (χ2v) is 8.77. The molecule has 1 aliphatic carbocycles. The van der Waals surface area contributed by atoms with Crippen LogP contribution in [0, 0.1) is 12.3 Å². The molecule has 1 fully saturated rings. The van der Waals surface area contributed by atoms with Crippen molar-refractivity contribution < 1.29 is 14.3 Å². The number of anilines is 1. The first-order valence-electron chi connectivity index (χ1n) is 10.9. The maximum absolute atomic E-state index is 11.7. The molecule has 1 amide bonds. The van der Waals surface area contributed by atoms with E-state index in [-0.39, 0.29) is 12.1 Å². The van der Waals surface area contributed by atoms with E-state index in [1.165, 1.54) is 14.2 Å². The van der Waals surface area contributed by atoms with Gasteiger partial charge in [-0.1, -0.05) is 42.1 Å². The number of hydrogen-bond donors (Lipinski definition) is 2. The lowest BCUT2D eigenvalue weighted by atomic mass is 9.90. The van der Waals surface area contributed by atoms with Crippen LogP contribution in [0.4, 0.5) is 5.95 Å². The number of hydrogen-bond acceptors (Lipinski definition) is 6. The topological polar surface area (TPSA) is 85.4 Å². The van der Waals surface area contributed by atoms with Gasteiger partial charge in [-0.15, -0.1) is 6.42 Å². The van der Waals surface area contributed by atoms with Crippen molar-refractivity contribution in [2.24, 2.45) is 0 Å². The number of terminal acetylenes is 1. The van der Waals surface area contributed by atoms with Gasteiger partial charge in [-0.3, -0.25) is 4.79 Å². The summed E-state index contributed by atoms with van der Waals surface area (Å²) >= 11 is 13.1. The molecule has 0 bridgehead atoms. The number of fused-ring (bicyclic) bond motifs is 1. The van der Waals surface area contributed by atoms with E-state index in [2.05, 4.69) is 26.5 Å². The minimum Gasteiger partial charge on any atom is -0.495 e. The second kappa shape index (κ2) is 10.4. The first-order chi connectivity index (χ1) is 16.4. The SMILES string of the molecule is C#CC(=O)NC1CCCCC1Nc1ncc2cc(-c3c(Cl)c(OC)cc(OC)c3Cl)ccc2n1. The lowest BCUT2D eigenvalue weighted by Crippen LogP contribution is -2.48. The number of ether oxygens (including phenoxy) is 2. The van der Waals surface area contributed by atoms with Crippen molar-refractivity contribution in [1.29, 1.82) is 0 Å². The zero-order chi connectivity index (χ0) is 24.2. The number of methoxy groups -OCH3 is 2. The molecular formula is C25H24Cl2N4O3. The van der Waals surface area contributed by atoms with Crippen molar-refractivity contribution in [2.45, 2.75) is 37.8 Å². The van der Waals surface area contributed by atoms with Crippen LogP contribution in [0.2, 0.25) is 10.0 Å². The van der Waals surface area contributed by atoms with Crippen molar-refractivity contribution in [1.82, 2.24) is 15.3 Å². The summed E-state index contributed by atoms with van der Waals surface area (Å²) in [5.74, 6) is 3.14.